The lowest BCUT2D eigenvalue weighted by molar-refractivity contribution is 0.234. The number of nitrogens with two attached hydrogens (primary N) is 1. The second-order valence-corrected chi connectivity index (χ2v) is 4.72. The van der Waals surface area contributed by atoms with Crippen LogP contribution in [0.4, 0.5) is 11.5 Å². The molecule has 0 saturated carbocycles. The van der Waals surface area contributed by atoms with Gasteiger partial charge in [-0.1, -0.05) is 13.8 Å². The van der Waals surface area contributed by atoms with E-state index in [1.165, 1.54) is 0 Å². The molecule has 0 fully saturated rings. The molecule has 1 aromatic rings. The van der Waals surface area contributed by atoms with Crippen molar-refractivity contribution in [2.75, 3.05) is 23.7 Å². The zero-order valence-electron chi connectivity index (χ0n) is 11.9. The Labute approximate surface area is 110 Å². The van der Waals surface area contributed by atoms with Crippen LogP contribution in [0.15, 0.2) is 12.1 Å². The molecule has 2 N–H and O–H groups in total. The van der Waals surface area contributed by atoms with E-state index >= 15 is 0 Å². The van der Waals surface area contributed by atoms with Gasteiger partial charge in [0.1, 0.15) is 5.82 Å². The molecule has 4 heteroatoms. The number of hydrogen-bond donors (Lipinski definition) is 1. The Hall–Kier alpha value is -1.45. The average Bonchev–Trinajstić information content (AvgIpc) is 2.31. The topological polar surface area (TPSA) is 51.4 Å². The molecule has 0 aliphatic heterocycles. The van der Waals surface area contributed by atoms with Crippen molar-refractivity contribution in [1.29, 1.82) is 0 Å². The van der Waals surface area contributed by atoms with Gasteiger partial charge < -0.3 is 15.4 Å². The molecule has 0 aliphatic carbocycles. The second-order valence-electron chi connectivity index (χ2n) is 4.72. The van der Waals surface area contributed by atoms with Crippen LogP contribution < -0.4 is 15.4 Å². The van der Waals surface area contributed by atoms with Crippen molar-refractivity contribution < 1.29 is 4.74 Å². The molecule has 1 heterocycles. The Morgan fingerprint density at radius 2 is 1.83 bits per heavy atom. The summed E-state index contributed by atoms with van der Waals surface area (Å²) in [4.78, 5) is 6.80. The van der Waals surface area contributed by atoms with E-state index in [1.807, 2.05) is 26.0 Å². The predicted molar refractivity (Wildman–Crippen MR) is 77.2 cm³/mol. The highest BCUT2D eigenvalue weighted by atomic mass is 16.5. The summed E-state index contributed by atoms with van der Waals surface area (Å²) in [6, 6.07) is 3.84. The third-order valence-electron chi connectivity index (χ3n) is 2.53. The van der Waals surface area contributed by atoms with E-state index in [-0.39, 0.29) is 6.10 Å². The maximum Gasteiger partial charge on any atom is 0.239 e. The highest BCUT2D eigenvalue weighted by molar-refractivity contribution is 5.54. The first-order chi connectivity index (χ1) is 8.58. The largest absolute Gasteiger partial charge is 0.473 e. The molecule has 18 heavy (non-hydrogen) atoms. The first-order valence-corrected chi connectivity index (χ1v) is 6.76. The Kier molecular flexibility index (Phi) is 5.75. The molecular weight excluding hydrogens is 226 g/mol. The van der Waals surface area contributed by atoms with Gasteiger partial charge in [-0.05, 0) is 38.8 Å². The smallest absolute Gasteiger partial charge is 0.239 e. The molecule has 0 bridgehead atoms. The summed E-state index contributed by atoms with van der Waals surface area (Å²) >= 11 is 0. The van der Waals surface area contributed by atoms with Crippen molar-refractivity contribution in [2.45, 2.75) is 46.6 Å². The van der Waals surface area contributed by atoms with Gasteiger partial charge in [-0.3, -0.25) is 0 Å². The second kappa shape index (κ2) is 7.09. The predicted octanol–water partition coefficient (Wildman–Crippen LogP) is 3.08. The van der Waals surface area contributed by atoms with Gasteiger partial charge in [-0.15, -0.1) is 0 Å². The third kappa shape index (κ3) is 4.09. The Morgan fingerprint density at radius 1 is 1.22 bits per heavy atom. The minimum Gasteiger partial charge on any atom is -0.473 e. The fourth-order valence-corrected chi connectivity index (χ4v) is 1.82. The molecule has 0 radical (unpaired) electrons. The first-order valence-electron chi connectivity index (χ1n) is 6.76. The lowest BCUT2D eigenvalue weighted by atomic mass is 10.3. The van der Waals surface area contributed by atoms with Crippen molar-refractivity contribution in [3.8, 4) is 5.88 Å². The first kappa shape index (κ1) is 14.6. The molecule has 0 aromatic carbocycles. The number of rotatable bonds is 7. The lowest BCUT2D eigenvalue weighted by Crippen LogP contribution is -2.26. The summed E-state index contributed by atoms with van der Waals surface area (Å²) in [6.45, 7) is 10.3. The van der Waals surface area contributed by atoms with Crippen molar-refractivity contribution in [3.05, 3.63) is 12.1 Å². The van der Waals surface area contributed by atoms with E-state index in [1.54, 1.807) is 0 Å². The molecule has 0 spiro atoms. The van der Waals surface area contributed by atoms with Crippen LogP contribution >= 0.6 is 0 Å². The minimum absolute atomic E-state index is 0.0841. The zero-order chi connectivity index (χ0) is 13.5. The van der Waals surface area contributed by atoms with E-state index < -0.39 is 0 Å². The van der Waals surface area contributed by atoms with E-state index in [9.17, 15) is 0 Å². The molecule has 0 atom stereocenters. The molecule has 4 nitrogen and oxygen atoms in total. The number of pyridine rings is 1. The normalized spacial score (nSPS) is 10.7. The van der Waals surface area contributed by atoms with Crippen LogP contribution in [-0.4, -0.2) is 24.2 Å². The van der Waals surface area contributed by atoms with E-state index in [4.69, 9.17) is 10.5 Å². The number of ether oxygens (including phenoxy) is 1. The molecule has 102 valence electrons. The van der Waals surface area contributed by atoms with E-state index in [0.717, 1.165) is 31.7 Å². The maximum atomic E-state index is 5.88. The van der Waals surface area contributed by atoms with Gasteiger partial charge in [-0.25, -0.2) is 0 Å². The fraction of sp³-hybridized carbons (Fsp3) is 0.643. The number of anilines is 2. The molecule has 0 saturated heterocycles. The van der Waals surface area contributed by atoms with Crippen molar-refractivity contribution in [3.63, 3.8) is 0 Å². The fourth-order valence-electron chi connectivity index (χ4n) is 1.82. The third-order valence-corrected chi connectivity index (χ3v) is 2.53. The van der Waals surface area contributed by atoms with Crippen LogP contribution in [0.3, 0.4) is 0 Å². The number of aromatic nitrogens is 1. The maximum absolute atomic E-state index is 5.88. The van der Waals surface area contributed by atoms with Crippen molar-refractivity contribution in [2.24, 2.45) is 0 Å². The molecular formula is C14H25N3O. The zero-order valence-corrected chi connectivity index (χ0v) is 11.9. The highest BCUT2D eigenvalue weighted by Gasteiger charge is 2.11. The quantitative estimate of drug-likeness (QED) is 0.809. The van der Waals surface area contributed by atoms with Crippen LogP contribution in [0.2, 0.25) is 0 Å². The average molecular weight is 251 g/mol. The van der Waals surface area contributed by atoms with Crippen LogP contribution in [-0.2, 0) is 0 Å². The summed E-state index contributed by atoms with van der Waals surface area (Å²) < 4.78 is 5.63. The van der Waals surface area contributed by atoms with Crippen LogP contribution in [0.1, 0.15) is 40.5 Å². The summed E-state index contributed by atoms with van der Waals surface area (Å²) in [5.41, 5.74) is 6.48. The Bertz CT molecular complexity index is 360. The SMILES string of the molecule is CCCN(CCC)c1ccc(N)c(OC(C)C)n1. The summed E-state index contributed by atoms with van der Waals surface area (Å²) in [6.07, 6.45) is 2.29. The van der Waals surface area contributed by atoms with E-state index in [0.29, 0.717) is 11.6 Å². The van der Waals surface area contributed by atoms with Gasteiger partial charge in [0.2, 0.25) is 5.88 Å². The van der Waals surface area contributed by atoms with E-state index in [2.05, 4.69) is 23.7 Å². The number of nitrogen functional groups attached to an aromatic ring is 1. The van der Waals surface area contributed by atoms with Gasteiger partial charge in [-0.2, -0.15) is 4.98 Å². The van der Waals surface area contributed by atoms with Gasteiger partial charge in [0.05, 0.1) is 11.8 Å². The van der Waals surface area contributed by atoms with Crippen LogP contribution in [0, 0.1) is 0 Å². The monoisotopic (exact) mass is 251 g/mol. The Morgan fingerprint density at radius 3 is 2.33 bits per heavy atom. The summed E-state index contributed by atoms with van der Waals surface area (Å²) in [5, 5.41) is 0. The van der Waals surface area contributed by atoms with Gasteiger partial charge in [0, 0.05) is 13.1 Å². The molecule has 1 aromatic heterocycles. The number of nitrogens with zero attached hydrogens (tertiary/aromatic N) is 2. The minimum atomic E-state index is 0.0841. The standard InChI is InChI=1S/C14H25N3O/c1-5-9-17(10-6-2)13-8-7-12(15)14(16-13)18-11(3)4/h7-8,11H,5-6,9-10,15H2,1-4H3. The summed E-state index contributed by atoms with van der Waals surface area (Å²) in [5.74, 6) is 1.49. The van der Waals surface area contributed by atoms with Crippen LogP contribution in [0.25, 0.3) is 0 Å². The van der Waals surface area contributed by atoms with Gasteiger partial charge in [0.25, 0.3) is 0 Å². The lowest BCUT2D eigenvalue weighted by Gasteiger charge is -2.23. The Balaban J connectivity index is 2.93. The van der Waals surface area contributed by atoms with Gasteiger partial charge in [0.15, 0.2) is 0 Å². The molecule has 0 aliphatic rings. The molecule has 0 amide bonds. The van der Waals surface area contributed by atoms with Crippen molar-refractivity contribution in [1.82, 2.24) is 4.98 Å². The number of hydrogen-bond acceptors (Lipinski definition) is 4. The van der Waals surface area contributed by atoms with Gasteiger partial charge >= 0.3 is 0 Å². The van der Waals surface area contributed by atoms with Crippen molar-refractivity contribution >= 4 is 11.5 Å². The summed E-state index contributed by atoms with van der Waals surface area (Å²) in [7, 11) is 0. The molecule has 1 rings (SSSR count). The molecule has 0 unspecified atom stereocenters. The van der Waals surface area contributed by atoms with Crippen LogP contribution in [0.5, 0.6) is 5.88 Å². The highest BCUT2D eigenvalue weighted by Crippen LogP contribution is 2.24.